The molecule has 0 saturated heterocycles. The number of hydrogen-bond donors (Lipinski definition) is 1. The molecule has 0 spiro atoms. The highest BCUT2D eigenvalue weighted by Gasteiger charge is 2.17. The van der Waals surface area contributed by atoms with Gasteiger partial charge >= 0.3 is 0 Å². The van der Waals surface area contributed by atoms with Crippen LogP contribution in [0, 0.1) is 13.8 Å². The lowest BCUT2D eigenvalue weighted by molar-refractivity contribution is 1.28. The highest BCUT2D eigenvalue weighted by molar-refractivity contribution is 6.14. The van der Waals surface area contributed by atoms with E-state index in [4.69, 9.17) is 9.97 Å². The zero-order valence-electron chi connectivity index (χ0n) is 20.0. The van der Waals surface area contributed by atoms with E-state index < -0.39 is 0 Å². The Morgan fingerprint density at radius 2 is 1.39 bits per heavy atom. The molecule has 0 aliphatic heterocycles. The molecule has 4 heterocycles. The van der Waals surface area contributed by atoms with Gasteiger partial charge in [-0.1, -0.05) is 30.3 Å². The molecule has 0 aliphatic carbocycles. The molecule has 1 N–H and O–H groups in total. The van der Waals surface area contributed by atoms with Crippen LogP contribution in [0.5, 0.6) is 0 Å². The van der Waals surface area contributed by atoms with Gasteiger partial charge in [0, 0.05) is 38.8 Å². The van der Waals surface area contributed by atoms with Crippen molar-refractivity contribution in [2.45, 2.75) is 13.8 Å². The van der Waals surface area contributed by atoms with Gasteiger partial charge in [0.2, 0.25) is 0 Å². The van der Waals surface area contributed by atoms with Gasteiger partial charge in [-0.25, -0.2) is 4.98 Å². The number of nitrogens with zero attached hydrogens (tertiary/aromatic N) is 3. The molecular formula is C32H22N4. The Morgan fingerprint density at radius 3 is 2.31 bits per heavy atom. The summed E-state index contributed by atoms with van der Waals surface area (Å²) in [6, 6.07) is 30.2. The Balaban J connectivity index is 1.49. The molecule has 8 aromatic rings. The summed E-state index contributed by atoms with van der Waals surface area (Å²) in [5.74, 6) is 0. The van der Waals surface area contributed by atoms with Gasteiger partial charge in [-0.3, -0.25) is 9.38 Å². The topological polar surface area (TPSA) is 46.0 Å². The van der Waals surface area contributed by atoms with Crippen molar-refractivity contribution < 1.29 is 0 Å². The third-order valence-electron chi connectivity index (χ3n) is 7.59. The first-order chi connectivity index (χ1) is 17.7. The number of imidazole rings is 1. The average Bonchev–Trinajstić information content (AvgIpc) is 3.47. The molecule has 4 aromatic heterocycles. The maximum absolute atomic E-state index is 5.05. The fraction of sp³-hybridized carbons (Fsp3) is 0.0625. The molecule has 0 amide bonds. The number of benzene rings is 4. The highest BCUT2D eigenvalue weighted by Crippen LogP contribution is 2.38. The van der Waals surface area contributed by atoms with Crippen LogP contribution < -0.4 is 0 Å². The van der Waals surface area contributed by atoms with Crippen LogP contribution in [-0.2, 0) is 0 Å². The molecule has 0 aliphatic rings. The number of pyridine rings is 2. The van der Waals surface area contributed by atoms with E-state index in [0.717, 1.165) is 44.0 Å². The molecule has 0 unspecified atom stereocenters. The van der Waals surface area contributed by atoms with E-state index in [9.17, 15) is 0 Å². The quantitative estimate of drug-likeness (QED) is 0.250. The minimum atomic E-state index is 0.976. The molecule has 0 fully saturated rings. The normalized spacial score (nSPS) is 12.2. The monoisotopic (exact) mass is 462 g/mol. The third-order valence-corrected chi connectivity index (χ3v) is 7.59. The summed E-state index contributed by atoms with van der Waals surface area (Å²) < 4.78 is 2.25. The Hall–Kier alpha value is -4.70. The van der Waals surface area contributed by atoms with Crippen molar-refractivity contribution in [3.05, 3.63) is 102 Å². The first-order valence-corrected chi connectivity index (χ1v) is 12.3. The number of aryl methyl sites for hydroxylation is 2. The molecule has 0 bridgehead atoms. The fourth-order valence-electron chi connectivity index (χ4n) is 5.91. The van der Waals surface area contributed by atoms with E-state index in [-0.39, 0.29) is 0 Å². The van der Waals surface area contributed by atoms with Crippen LogP contribution in [-0.4, -0.2) is 19.4 Å². The Bertz CT molecular complexity index is 2180. The maximum atomic E-state index is 5.05. The molecule has 0 saturated carbocycles. The van der Waals surface area contributed by atoms with Crippen molar-refractivity contribution >= 4 is 60.3 Å². The second kappa shape index (κ2) is 6.92. The van der Waals surface area contributed by atoms with Crippen molar-refractivity contribution in [1.82, 2.24) is 19.4 Å². The SMILES string of the molecule is Cc1cc2c(cc1-c1cc3c(cc1C)c1nc4ccccc4n1c1cccnc31)[nH]c1ccccc12. The largest absolute Gasteiger partial charge is 0.354 e. The van der Waals surface area contributed by atoms with Crippen LogP contribution in [0.25, 0.3) is 71.4 Å². The molecule has 170 valence electrons. The minimum Gasteiger partial charge on any atom is -0.354 e. The molecule has 4 aromatic carbocycles. The van der Waals surface area contributed by atoms with E-state index >= 15 is 0 Å². The van der Waals surface area contributed by atoms with Gasteiger partial charge in [0.1, 0.15) is 5.65 Å². The first-order valence-electron chi connectivity index (χ1n) is 12.3. The van der Waals surface area contributed by atoms with Crippen LogP contribution in [0.15, 0.2) is 91.1 Å². The van der Waals surface area contributed by atoms with Gasteiger partial charge in [0.25, 0.3) is 0 Å². The Kier molecular flexibility index (Phi) is 3.77. The number of fused-ring (bicyclic) bond motifs is 11. The molecular weight excluding hydrogens is 440 g/mol. The van der Waals surface area contributed by atoms with E-state index in [1.165, 1.54) is 38.5 Å². The van der Waals surface area contributed by atoms with Crippen molar-refractivity contribution in [3.8, 4) is 11.1 Å². The molecule has 36 heavy (non-hydrogen) atoms. The van der Waals surface area contributed by atoms with Gasteiger partial charge < -0.3 is 4.98 Å². The summed E-state index contributed by atoms with van der Waals surface area (Å²) in [7, 11) is 0. The molecule has 0 radical (unpaired) electrons. The van der Waals surface area contributed by atoms with Crippen LogP contribution in [0.2, 0.25) is 0 Å². The summed E-state index contributed by atoms with van der Waals surface area (Å²) in [5, 5.41) is 4.79. The zero-order chi connectivity index (χ0) is 24.0. The predicted octanol–water partition coefficient (Wildman–Crippen LogP) is 8.11. The minimum absolute atomic E-state index is 0.976. The smallest absolute Gasteiger partial charge is 0.146 e. The van der Waals surface area contributed by atoms with Crippen LogP contribution in [0.1, 0.15) is 11.1 Å². The molecule has 4 nitrogen and oxygen atoms in total. The van der Waals surface area contributed by atoms with E-state index in [2.05, 4.69) is 96.0 Å². The lowest BCUT2D eigenvalue weighted by Crippen LogP contribution is -1.95. The van der Waals surface area contributed by atoms with E-state index in [1.807, 2.05) is 18.3 Å². The van der Waals surface area contributed by atoms with Crippen molar-refractivity contribution in [1.29, 1.82) is 0 Å². The predicted molar refractivity (Wildman–Crippen MR) is 150 cm³/mol. The third kappa shape index (κ3) is 2.53. The summed E-state index contributed by atoms with van der Waals surface area (Å²) in [6.45, 7) is 4.41. The summed E-state index contributed by atoms with van der Waals surface area (Å²) >= 11 is 0. The van der Waals surface area contributed by atoms with Gasteiger partial charge in [-0.15, -0.1) is 0 Å². The van der Waals surface area contributed by atoms with Crippen molar-refractivity contribution in [2.75, 3.05) is 0 Å². The molecule has 0 atom stereocenters. The number of hydrogen-bond acceptors (Lipinski definition) is 2. The second-order valence-electron chi connectivity index (χ2n) is 9.73. The summed E-state index contributed by atoms with van der Waals surface area (Å²) in [4.78, 5) is 13.5. The molecule has 8 rings (SSSR count). The van der Waals surface area contributed by atoms with Crippen LogP contribution >= 0.6 is 0 Å². The zero-order valence-corrected chi connectivity index (χ0v) is 20.0. The average molecular weight is 463 g/mol. The van der Waals surface area contributed by atoms with Crippen molar-refractivity contribution in [3.63, 3.8) is 0 Å². The van der Waals surface area contributed by atoms with Crippen molar-refractivity contribution in [2.24, 2.45) is 0 Å². The fourth-order valence-corrected chi connectivity index (χ4v) is 5.91. The highest BCUT2D eigenvalue weighted by atomic mass is 15.0. The Morgan fingerprint density at radius 1 is 0.639 bits per heavy atom. The number of H-pyrrole nitrogens is 1. The second-order valence-corrected chi connectivity index (χ2v) is 9.73. The van der Waals surface area contributed by atoms with Gasteiger partial charge in [-0.2, -0.15) is 0 Å². The number of aromatic nitrogens is 4. The molecule has 4 heteroatoms. The Labute approximate surface area is 206 Å². The number of aromatic amines is 1. The van der Waals surface area contributed by atoms with E-state index in [1.54, 1.807) is 0 Å². The number of rotatable bonds is 1. The van der Waals surface area contributed by atoms with Gasteiger partial charge in [-0.05, 0) is 90.7 Å². The summed E-state index contributed by atoms with van der Waals surface area (Å²) in [5.41, 5.74) is 12.4. The number of para-hydroxylation sites is 3. The maximum Gasteiger partial charge on any atom is 0.146 e. The lowest BCUT2D eigenvalue weighted by atomic mass is 9.92. The standard InChI is InChI=1S/C32H22N4/c1-18-14-23-20-8-3-4-9-26(20)34-28(23)17-22(18)21-16-24-25(15-19(21)2)32-35-27-10-5-6-11-29(27)36(32)30-12-7-13-33-31(24)30/h3-17,34H,1-2H3. The number of nitrogens with one attached hydrogen (secondary N) is 1. The van der Waals surface area contributed by atoms with Gasteiger partial charge in [0.15, 0.2) is 0 Å². The van der Waals surface area contributed by atoms with Gasteiger partial charge in [0.05, 0.1) is 22.1 Å². The first kappa shape index (κ1) is 19.6. The van der Waals surface area contributed by atoms with Crippen LogP contribution in [0.4, 0.5) is 0 Å². The van der Waals surface area contributed by atoms with Crippen LogP contribution in [0.3, 0.4) is 0 Å². The summed E-state index contributed by atoms with van der Waals surface area (Å²) in [6.07, 6.45) is 1.88. The van der Waals surface area contributed by atoms with E-state index in [0.29, 0.717) is 0 Å². The lowest BCUT2D eigenvalue weighted by Gasteiger charge is -2.14.